The molecule has 0 aliphatic heterocycles. The normalized spacial score (nSPS) is 10.7. The highest BCUT2D eigenvalue weighted by Gasteiger charge is 2.17. The predicted molar refractivity (Wildman–Crippen MR) is 127 cm³/mol. The largest absolute Gasteiger partial charge is 0.496 e. The lowest BCUT2D eigenvalue weighted by Gasteiger charge is -2.15. The summed E-state index contributed by atoms with van der Waals surface area (Å²) in [5, 5.41) is 9.48. The molecule has 174 valence electrons. The van der Waals surface area contributed by atoms with Crippen LogP contribution in [0.1, 0.15) is 21.6 Å². The molecule has 0 radical (unpaired) electrons. The van der Waals surface area contributed by atoms with Crippen LogP contribution < -0.4 is 31.4 Å². The zero-order chi connectivity index (χ0) is 24.1. The van der Waals surface area contributed by atoms with Crippen molar-refractivity contribution in [3.8, 4) is 22.9 Å². The average molecular weight is 518 g/mol. The highest BCUT2D eigenvalue weighted by atomic mass is 79.9. The van der Waals surface area contributed by atoms with Gasteiger partial charge in [0.1, 0.15) is 17.2 Å². The third kappa shape index (κ3) is 5.49. The number of nitrogens with one attached hydrogen (secondary N) is 3. The van der Waals surface area contributed by atoms with Crippen molar-refractivity contribution in [3.05, 3.63) is 72.5 Å². The first kappa shape index (κ1) is 24.2. The standard InChI is InChI=1S/C22H24BrN5O5/c1-12-9-14(10-13(2)19(12)33-15-5-6-17(32-4)16(23)11-15)28-22(31)26-21(30)18(27-28)20(29)25-8-7-24-3/h5-6,9-11,24H,7-8H2,1-4H3,(H,25,29)(H,26,30,31). The van der Waals surface area contributed by atoms with E-state index >= 15 is 0 Å². The van der Waals surface area contributed by atoms with Gasteiger partial charge in [-0.3, -0.25) is 14.6 Å². The Morgan fingerprint density at radius 1 is 1.15 bits per heavy atom. The second-order valence-corrected chi connectivity index (χ2v) is 8.04. The summed E-state index contributed by atoms with van der Waals surface area (Å²) < 4.78 is 13.0. The monoisotopic (exact) mass is 517 g/mol. The van der Waals surface area contributed by atoms with Crippen LogP contribution in [-0.4, -0.2) is 47.9 Å². The number of rotatable bonds is 8. The number of benzene rings is 2. The number of hydrogen-bond donors (Lipinski definition) is 3. The number of likely N-dealkylation sites (N-methyl/N-ethyl adjacent to an activating group) is 1. The summed E-state index contributed by atoms with van der Waals surface area (Å²) in [5.74, 6) is 1.22. The number of hydrogen-bond acceptors (Lipinski definition) is 7. The zero-order valence-corrected chi connectivity index (χ0v) is 20.2. The van der Waals surface area contributed by atoms with Gasteiger partial charge in [0.15, 0.2) is 0 Å². The van der Waals surface area contributed by atoms with Gasteiger partial charge < -0.3 is 20.1 Å². The number of carbonyl (C=O) groups excluding carboxylic acids is 1. The summed E-state index contributed by atoms with van der Waals surface area (Å²) in [6.07, 6.45) is 0. The molecule has 0 saturated heterocycles. The van der Waals surface area contributed by atoms with E-state index in [0.717, 1.165) is 20.3 Å². The van der Waals surface area contributed by atoms with Crippen LogP contribution in [0.5, 0.6) is 17.2 Å². The molecular formula is C22H24BrN5O5. The molecule has 0 aliphatic carbocycles. The van der Waals surface area contributed by atoms with E-state index < -0.39 is 22.9 Å². The van der Waals surface area contributed by atoms with Gasteiger partial charge in [-0.25, -0.2) is 4.79 Å². The molecule has 0 atom stereocenters. The van der Waals surface area contributed by atoms with Gasteiger partial charge in [0.25, 0.3) is 11.5 Å². The molecular weight excluding hydrogens is 494 g/mol. The molecule has 1 heterocycles. The van der Waals surface area contributed by atoms with Crippen molar-refractivity contribution in [2.24, 2.45) is 0 Å². The summed E-state index contributed by atoms with van der Waals surface area (Å²) in [6.45, 7) is 4.48. The minimum atomic E-state index is -0.850. The summed E-state index contributed by atoms with van der Waals surface area (Å²) in [4.78, 5) is 39.0. The molecule has 3 rings (SSSR count). The molecule has 33 heavy (non-hydrogen) atoms. The van der Waals surface area contributed by atoms with Crippen molar-refractivity contribution < 1.29 is 14.3 Å². The Morgan fingerprint density at radius 2 is 1.85 bits per heavy atom. The van der Waals surface area contributed by atoms with E-state index in [9.17, 15) is 14.4 Å². The van der Waals surface area contributed by atoms with Crippen molar-refractivity contribution in [2.45, 2.75) is 13.8 Å². The summed E-state index contributed by atoms with van der Waals surface area (Å²) in [6, 6.07) is 8.74. The van der Waals surface area contributed by atoms with Gasteiger partial charge in [-0.15, -0.1) is 0 Å². The molecule has 10 nitrogen and oxygen atoms in total. The van der Waals surface area contributed by atoms with E-state index in [0.29, 0.717) is 36.0 Å². The van der Waals surface area contributed by atoms with E-state index in [1.54, 1.807) is 44.5 Å². The predicted octanol–water partition coefficient (Wildman–Crippen LogP) is 2.05. The number of carbonyl (C=O) groups is 1. The summed E-state index contributed by atoms with van der Waals surface area (Å²) >= 11 is 3.44. The lowest BCUT2D eigenvalue weighted by atomic mass is 10.1. The van der Waals surface area contributed by atoms with Crippen LogP contribution in [0, 0.1) is 13.8 Å². The van der Waals surface area contributed by atoms with E-state index in [2.05, 4.69) is 36.6 Å². The Balaban J connectivity index is 1.95. The van der Waals surface area contributed by atoms with Crippen LogP contribution in [0.4, 0.5) is 0 Å². The van der Waals surface area contributed by atoms with Gasteiger partial charge in [-0.2, -0.15) is 9.78 Å². The Kier molecular flexibility index (Phi) is 7.67. The van der Waals surface area contributed by atoms with E-state index in [-0.39, 0.29) is 0 Å². The first-order chi connectivity index (χ1) is 15.7. The van der Waals surface area contributed by atoms with Gasteiger partial charge in [0, 0.05) is 13.1 Å². The number of ether oxygens (including phenoxy) is 2. The Morgan fingerprint density at radius 3 is 2.45 bits per heavy atom. The Hall–Kier alpha value is -3.44. The zero-order valence-electron chi connectivity index (χ0n) is 18.6. The topological polar surface area (TPSA) is 127 Å². The molecule has 0 unspecified atom stereocenters. The molecule has 1 amide bonds. The number of aryl methyl sites for hydroxylation is 2. The minimum absolute atomic E-state index is 0.307. The maximum atomic E-state index is 12.4. The fraction of sp³-hybridized carbons (Fsp3) is 0.273. The van der Waals surface area contributed by atoms with E-state index in [1.165, 1.54) is 0 Å². The van der Waals surface area contributed by atoms with Crippen molar-refractivity contribution in [3.63, 3.8) is 0 Å². The van der Waals surface area contributed by atoms with E-state index in [1.807, 2.05) is 13.8 Å². The molecule has 0 bridgehead atoms. The number of nitrogens with zero attached hydrogens (tertiary/aromatic N) is 2. The summed E-state index contributed by atoms with van der Waals surface area (Å²) in [7, 11) is 3.32. The van der Waals surface area contributed by atoms with Gasteiger partial charge in [-0.05, 0) is 78.3 Å². The number of H-pyrrole nitrogens is 1. The maximum absolute atomic E-state index is 12.4. The van der Waals surface area contributed by atoms with Crippen LogP contribution in [0.25, 0.3) is 5.69 Å². The van der Waals surface area contributed by atoms with Gasteiger partial charge >= 0.3 is 5.69 Å². The SMILES string of the molecule is CNCCNC(=O)c1nn(-c2cc(C)c(Oc3ccc(OC)c(Br)c3)c(C)c2)c(=O)[nH]c1=O. The van der Waals surface area contributed by atoms with Crippen molar-refractivity contribution in [1.29, 1.82) is 0 Å². The van der Waals surface area contributed by atoms with E-state index in [4.69, 9.17) is 9.47 Å². The van der Waals surface area contributed by atoms with Crippen LogP contribution >= 0.6 is 15.9 Å². The second-order valence-electron chi connectivity index (χ2n) is 7.19. The molecule has 11 heteroatoms. The molecule has 0 aliphatic rings. The highest BCUT2D eigenvalue weighted by molar-refractivity contribution is 9.10. The lowest BCUT2D eigenvalue weighted by Crippen LogP contribution is -2.40. The number of methoxy groups -OCH3 is 1. The molecule has 1 aromatic heterocycles. The van der Waals surface area contributed by atoms with Gasteiger partial charge in [-0.1, -0.05) is 0 Å². The quantitative estimate of drug-likeness (QED) is 0.390. The molecule has 2 aromatic carbocycles. The molecule has 0 spiro atoms. The molecule has 0 saturated carbocycles. The van der Waals surface area contributed by atoms with Crippen LogP contribution in [0.3, 0.4) is 0 Å². The number of amides is 1. The van der Waals surface area contributed by atoms with Crippen LogP contribution in [0.15, 0.2) is 44.4 Å². The van der Waals surface area contributed by atoms with Crippen LogP contribution in [-0.2, 0) is 0 Å². The number of aromatic amines is 1. The first-order valence-corrected chi connectivity index (χ1v) is 10.8. The Labute approximate surface area is 198 Å². The third-order valence-electron chi connectivity index (χ3n) is 4.74. The fourth-order valence-electron chi connectivity index (χ4n) is 3.15. The van der Waals surface area contributed by atoms with Gasteiger partial charge in [0.05, 0.1) is 17.3 Å². The lowest BCUT2D eigenvalue weighted by molar-refractivity contribution is 0.0945. The van der Waals surface area contributed by atoms with Gasteiger partial charge in [0.2, 0.25) is 5.69 Å². The second kappa shape index (κ2) is 10.5. The first-order valence-electron chi connectivity index (χ1n) is 10.0. The molecule has 0 fully saturated rings. The Bertz CT molecular complexity index is 1280. The number of halogens is 1. The van der Waals surface area contributed by atoms with Crippen molar-refractivity contribution in [1.82, 2.24) is 25.4 Å². The maximum Gasteiger partial charge on any atom is 0.349 e. The average Bonchev–Trinajstić information content (AvgIpc) is 2.76. The molecule has 3 aromatic rings. The summed E-state index contributed by atoms with van der Waals surface area (Å²) in [5.41, 5.74) is -0.146. The van der Waals surface area contributed by atoms with Crippen molar-refractivity contribution >= 4 is 21.8 Å². The van der Waals surface area contributed by atoms with Crippen molar-refractivity contribution in [2.75, 3.05) is 27.2 Å². The van der Waals surface area contributed by atoms with Crippen LogP contribution in [0.2, 0.25) is 0 Å². The minimum Gasteiger partial charge on any atom is -0.496 e. The third-order valence-corrected chi connectivity index (χ3v) is 5.36. The smallest absolute Gasteiger partial charge is 0.349 e. The fourth-order valence-corrected chi connectivity index (χ4v) is 3.67. The number of aromatic nitrogens is 3. The highest BCUT2D eigenvalue weighted by Crippen LogP contribution is 2.34. The molecule has 3 N–H and O–H groups in total.